The van der Waals surface area contributed by atoms with Gasteiger partial charge in [-0.1, -0.05) is 41.9 Å². The zero-order chi connectivity index (χ0) is 13.9. The van der Waals surface area contributed by atoms with Crippen LogP contribution in [-0.4, -0.2) is 0 Å². The summed E-state index contributed by atoms with van der Waals surface area (Å²) in [5.74, 6) is 0. The molecule has 0 aliphatic heterocycles. The minimum atomic E-state index is 0.533. The standard InChI is InChI=1S/C17H11ClN2/c18-15-6-8-17(14(9-15)11-19)20-16-7-5-12-3-1-2-4-13(12)10-16/h1-10,20H. The molecule has 0 radical (unpaired) electrons. The molecule has 20 heavy (non-hydrogen) atoms. The molecule has 3 aromatic rings. The minimum absolute atomic E-state index is 0.533. The van der Waals surface area contributed by atoms with Gasteiger partial charge >= 0.3 is 0 Å². The Morgan fingerprint density at radius 1 is 0.900 bits per heavy atom. The number of nitriles is 1. The lowest BCUT2D eigenvalue weighted by Gasteiger charge is -2.09. The van der Waals surface area contributed by atoms with Gasteiger partial charge in [-0.2, -0.15) is 5.26 Å². The van der Waals surface area contributed by atoms with E-state index < -0.39 is 0 Å². The highest BCUT2D eigenvalue weighted by Crippen LogP contribution is 2.26. The van der Waals surface area contributed by atoms with Gasteiger partial charge in [0.15, 0.2) is 0 Å². The molecule has 0 saturated heterocycles. The fourth-order valence-electron chi connectivity index (χ4n) is 2.14. The number of rotatable bonds is 2. The van der Waals surface area contributed by atoms with Crippen molar-refractivity contribution in [3.8, 4) is 6.07 Å². The van der Waals surface area contributed by atoms with Crippen molar-refractivity contribution in [2.24, 2.45) is 0 Å². The summed E-state index contributed by atoms with van der Waals surface area (Å²) in [4.78, 5) is 0. The molecule has 0 unspecified atom stereocenters. The van der Waals surface area contributed by atoms with Gasteiger partial charge in [0.1, 0.15) is 6.07 Å². The van der Waals surface area contributed by atoms with Crippen molar-refractivity contribution in [3.05, 3.63) is 71.2 Å². The topological polar surface area (TPSA) is 35.8 Å². The fraction of sp³-hybridized carbons (Fsp3) is 0. The summed E-state index contributed by atoms with van der Waals surface area (Å²) in [5, 5.41) is 15.3. The lowest BCUT2D eigenvalue weighted by molar-refractivity contribution is 1.46. The first kappa shape index (κ1) is 12.5. The van der Waals surface area contributed by atoms with Crippen molar-refractivity contribution in [3.63, 3.8) is 0 Å². The number of anilines is 2. The zero-order valence-electron chi connectivity index (χ0n) is 10.6. The molecule has 0 spiro atoms. The number of benzene rings is 3. The van der Waals surface area contributed by atoms with Gasteiger partial charge in [0.2, 0.25) is 0 Å². The average molecular weight is 279 g/mol. The first-order valence-electron chi connectivity index (χ1n) is 6.22. The fourth-order valence-corrected chi connectivity index (χ4v) is 2.31. The van der Waals surface area contributed by atoms with E-state index in [0.29, 0.717) is 10.6 Å². The average Bonchev–Trinajstić information content (AvgIpc) is 2.49. The first-order valence-corrected chi connectivity index (χ1v) is 6.59. The van der Waals surface area contributed by atoms with Crippen LogP contribution in [0.4, 0.5) is 11.4 Å². The maximum atomic E-state index is 9.14. The zero-order valence-corrected chi connectivity index (χ0v) is 11.4. The maximum absolute atomic E-state index is 9.14. The van der Waals surface area contributed by atoms with Gasteiger partial charge in [-0.05, 0) is 41.1 Å². The van der Waals surface area contributed by atoms with Crippen LogP contribution in [0.25, 0.3) is 10.8 Å². The van der Waals surface area contributed by atoms with Crippen LogP contribution >= 0.6 is 11.6 Å². The second kappa shape index (κ2) is 5.24. The van der Waals surface area contributed by atoms with E-state index in [9.17, 15) is 0 Å². The van der Waals surface area contributed by atoms with Crippen LogP contribution in [0.3, 0.4) is 0 Å². The smallest absolute Gasteiger partial charge is 0.101 e. The Kier molecular flexibility index (Phi) is 3.28. The van der Waals surface area contributed by atoms with Gasteiger partial charge in [-0.25, -0.2) is 0 Å². The SMILES string of the molecule is N#Cc1cc(Cl)ccc1Nc1ccc2ccccc2c1. The van der Waals surface area contributed by atoms with Gasteiger partial charge < -0.3 is 5.32 Å². The molecule has 3 rings (SSSR count). The maximum Gasteiger partial charge on any atom is 0.101 e. The normalized spacial score (nSPS) is 10.2. The van der Waals surface area contributed by atoms with E-state index in [4.69, 9.17) is 16.9 Å². The van der Waals surface area contributed by atoms with Gasteiger partial charge in [-0.15, -0.1) is 0 Å². The van der Waals surface area contributed by atoms with Crippen molar-refractivity contribution in [2.45, 2.75) is 0 Å². The number of fused-ring (bicyclic) bond motifs is 1. The number of hydrogen-bond donors (Lipinski definition) is 1. The van der Waals surface area contributed by atoms with Crippen LogP contribution in [0.5, 0.6) is 0 Å². The van der Waals surface area contributed by atoms with Crippen LogP contribution < -0.4 is 5.32 Å². The van der Waals surface area contributed by atoms with Crippen LogP contribution in [-0.2, 0) is 0 Å². The Balaban J connectivity index is 1.99. The van der Waals surface area contributed by atoms with E-state index in [1.165, 1.54) is 5.39 Å². The monoisotopic (exact) mass is 278 g/mol. The molecule has 3 aromatic carbocycles. The van der Waals surface area contributed by atoms with Gasteiger partial charge in [0.05, 0.1) is 11.3 Å². The van der Waals surface area contributed by atoms with Gasteiger partial charge in [0, 0.05) is 10.7 Å². The summed E-state index contributed by atoms with van der Waals surface area (Å²) < 4.78 is 0. The lowest BCUT2D eigenvalue weighted by atomic mass is 10.1. The van der Waals surface area contributed by atoms with E-state index in [1.54, 1.807) is 12.1 Å². The number of nitrogens with one attached hydrogen (secondary N) is 1. The van der Waals surface area contributed by atoms with Crippen molar-refractivity contribution in [1.29, 1.82) is 5.26 Å². The summed E-state index contributed by atoms with van der Waals surface area (Å²) in [6.07, 6.45) is 0. The molecule has 0 aliphatic rings. The summed E-state index contributed by atoms with van der Waals surface area (Å²) in [6, 6.07) is 21.7. The molecule has 0 bridgehead atoms. The first-order chi connectivity index (χ1) is 9.76. The van der Waals surface area contributed by atoms with E-state index in [1.807, 2.05) is 24.3 Å². The molecule has 0 aliphatic carbocycles. The second-order valence-electron chi connectivity index (χ2n) is 4.49. The molecule has 0 aromatic heterocycles. The Hall–Kier alpha value is -2.50. The van der Waals surface area contributed by atoms with Crippen LogP contribution in [0.1, 0.15) is 5.56 Å². The molecule has 0 heterocycles. The summed E-state index contributed by atoms with van der Waals surface area (Å²) in [7, 11) is 0. The molecule has 0 saturated carbocycles. The molecule has 1 N–H and O–H groups in total. The molecule has 0 amide bonds. The van der Waals surface area contributed by atoms with Crippen LogP contribution in [0.2, 0.25) is 5.02 Å². The van der Waals surface area contributed by atoms with E-state index in [2.05, 4.69) is 35.7 Å². The van der Waals surface area contributed by atoms with Crippen molar-refractivity contribution >= 4 is 33.7 Å². The van der Waals surface area contributed by atoms with E-state index in [0.717, 1.165) is 16.8 Å². The molecule has 96 valence electrons. The highest BCUT2D eigenvalue weighted by atomic mass is 35.5. The number of nitrogens with zero attached hydrogens (tertiary/aromatic N) is 1. The summed E-state index contributed by atoms with van der Waals surface area (Å²) in [6.45, 7) is 0. The third kappa shape index (κ3) is 2.45. The van der Waals surface area contributed by atoms with Crippen LogP contribution in [0, 0.1) is 11.3 Å². The molecular formula is C17H11ClN2. The summed E-state index contributed by atoms with van der Waals surface area (Å²) in [5.41, 5.74) is 2.24. The third-order valence-electron chi connectivity index (χ3n) is 3.13. The van der Waals surface area contributed by atoms with E-state index >= 15 is 0 Å². The van der Waals surface area contributed by atoms with Crippen LogP contribution in [0.15, 0.2) is 60.7 Å². The largest absolute Gasteiger partial charge is 0.354 e. The Bertz CT molecular complexity index is 819. The molecule has 0 fully saturated rings. The van der Waals surface area contributed by atoms with Gasteiger partial charge in [0.25, 0.3) is 0 Å². The lowest BCUT2D eigenvalue weighted by Crippen LogP contribution is -1.93. The number of hydrogen-bond acceptors (Lipinski definition) is 2. The predicted octanol–water partition coefficient (Wildman–Crippen LogP) is 5.11. The third-order valence-corrected chi connectivity index (χ3v) is 3.37. The molecule has 3 heteroatoms. The molecule has 2 nitrogen and oxygen atoms in total. The Labute approximate surface area is 122 Å². The van der Waals surface area contributed by atoms with Crippen molar-refractivity contribution in [1.82, 2.24) is 0 Å². The quantitative estimate of drug-likeness (QED) is 0.707. The van der Waals surface area contributed by atoms with Crippen molar-refractivity contribution < 1.29 is 0 Å². The highest BCUT2D eigenvalue weighted by molar-refractivity contribution is 6.30. The molecule has 0 atom stereocenters. The van der Waals surface area contributed by atoms with Gasteiger partial charge in [-0.3, -0.25) is 0 Å². The van der Waals surface area contributed by atoms with Crippen molar-refractivity contribution in [2.75, 3.05) is 5.32 Å². The van der Waals surface area contributed by atoms with E-state index in [-0.39, 0.29) is 0 Å². The summed E-state index contributed by atoms with van der Waals surface area (Å²) >= 11 is 5.90. The number of halogens is 1. The molecular weight excluding hydrogens is 268 g/mol. The minimum Gasteiger partial charge on any atom is -0.354 e. The predicted molar refractivity (Wildman–Crippen MR) is 83.4 cm³/mol. The Morgan fingerprint density at radius 2 is 1.70 bits per heavy atom. The highest BCUT2D eigenvalue weighted by Gasteiger charge is 2.04. The Morgan fingerprint density at radius 3 is 2.50 bits per heavy atom. The second-order valence-corrected chi connectivity index (χ2v) is 4.93.